The molecule has 1 fully saturated rings. The van der Waals surface area contributed by atoms with E-state index in [1.807, 2.05) is 0 Å². The molecule has 158 valence electrons. The molecule has 1 saturated heterocycles. The zero-order valence-corrected chi connectivity index (χ0v) is 18.7. The quantitative estimate of drug-likeness (QED) is 0.555. The lowest BCUT2D eigenvalue weighted by atomic mass is 9.82. The third-order valence-corrected chi connectivity index (χ3v) is 6.41. The van der Waals surface area contributed by atoms with Crippen LogP contribution in [0.4, 0.5) is 0 Å². The summed E-state index contributed by atoms with van der Waals surface area (Å²) in [7, 11) is 0. The van der Waals surface area contributed by atoms with Crippen molar-refractivity contribution in [3.8, 4) is 11.5 Å². The van der Waals surface area contributed by atoms with Gasteiger partial charge in [-0.25, -0.2) is 0 Å². The molecule has 0 bridgehead atoms. The second kappa shape index (κ2) is 8.46. The van der Waals surface area contributed by atoms with Crippen LogP contribution in [-0.4, -0.2) is 41.9 Å². The van der Waals surface area contributed by atoms with E-state index in [0.29, 0.717) is 63.1 Å². The van der Waals surface area contributed by atoms with Gasteiger partial charge in [0.05, 0.1) is 22.0 Å². The second-order valence-electron chi connectivity index (χ2n) is 7.39. The highest BCUT2D eigenvalue weighted by atomic mass is 35.5. The number of hydrogen-bond acceptors (Lipinski definition) is 4. The van der Waals surface area contributed by atoms with Crippen molar-refractivity contribution in [3.05, 3.63) is 56.0 Å². The standard InChI is InChI=1S/C21H17Cl4NO4/c22-12-1-2-18(15(24)8-12)29-11-19(28)26-5-3-21(4-6-26)10-17(27)14-7-13(23)9-16(25)20(14)30-21/h1-2,7-9H,3-6,10-11H2. The van der Waals surface area contributed by atoms with Gasteiger partial charge in [-0.2, -0.15) is 0 Å². The maximum atomic E-state index is 12.7. The van der Waals surface area contributed by atoms with Crippen LogP contribution in [0.2, 0.25) is 20.1 Å². The molecule has 0 aromatic heterocycles. The Labute approximate surface area is 193 Å². The molecule has 5 nitrogen and oxygen atoms in total. The van der Waals surface area contributed by atoms with Crippen LogP contribution in [0.3, 0.4) is 0 Å². The summed E-state index contributed by atoms with van der Waals surface area (Å²) in [4.78, 5) is 26.9. The number of ether oxygens (including phenoxy) is 2. The number of halogens is 4. The third-order valence-electron chi connectivity index (χ3n) is 5.38. The monoisotopic (exact) mass is 487 g/mol. The van der Waals surface area contributed by atoms with Gasteiger partial charge >= 0.3 is 0 Å². The summed E-state index contributed by atoms with van der Waals surface area (Å²) in [5.41, 5.74) is -0.261. The summed E-state index contributed by atoms with van der Waals surface area (Å²) >= 11 is 24.2. The largest absolute Gasteiger partial charge is 0.484 e. The Morgan fingerprint density at radius 1 is 1.03 bits per heavy atom. The van der Waals surface area contributed by atoms with Gasteiger partial charge in [0.2, 0.25) is 0 Å². The highest BCUT2D eigenvalue weighted by Crippen LogP contribution is 2.44. The minimum atomic E-state index is -0.668. The van der Waals surface area contributed by atoms with Crippen molar-refractivity contribution >= 4 is 58.1 Å². The Bertz CT molecular complexity index is 1020. The molecule has 0 atom stereocenters. The number of benzene rings is 2. The van der Waals surface area contributed by atoms with Crippen LogP contribution < -0.4 is 9.47 Å². The van der Waals surface area contributed by atoms with Crippen LogP contribution in [0.1, 0.15) is 29.6 Å². The fraction of sp³-hybridized carbons (Fsp3) is 0.333. The molecule has 0 unspecified atom stereocenters. The molecule has 0 N–H and O–H groups in total. The van der Waals surface area contributed by atoms with Crippen molar-refractivity contribution in [3.63, 3.8) is 0 Å². The average molecular weight is 489 g/mol. The highest BCUT2D eigenvalue weighted by Gasteiger charge is 2.44. The number of carbonyl (C=O) groups is 2. The predicted molar refractivity (Wildman–Crippen MR) is 117 cm³/mol. The van der Waals surface area contributed by atoms with Gasteiger partial charge in [-0.1, -0.05) is 46.4 Å². The zero-order valence-electron chi connectivity index (χ0n) is 15.7. The van der Waals surface area contributed by atoms with Gasteiger partial charge in [-0.15, -0.1) is 0 Å². The van der Waals surface area contributed by atoms with Gasteiger partial charge in [0, 0.05) is 36.0 Å². The summed E-state index contributed by atoms with van der Waals surface area (Å²) in [6, 6.07) is 7.96. The van der Waals surface area contributed by atoms with E-state index in [2.05, 4.69) is 0 Å². The lowest BCUT2D eigenvalue weighted by Gasteiger charge is -2.44. The number of ketones is 1. The fourth-order valence-corrected chi connectivity index (χ4v) is 4.77. The molecule has 0 saturated carbocycles. The van der Waals surface area contributed by atoms with Gasteiger partial charge in [0.25, 0.3) is 5.91 Å². The average Bonchev–Trinajstić information content (AvgIpc) is 2.69. The van der Waals surface area contributed by atoms with E-state index >= 15 is 0 Å². The molecule has 2 aromatic rings. The molecule has 2 aromatic carbocycles. The van der Waals surface area contributed by atoms with Gasteiger partial charge in [0.1, 0.15) is 17.1 Å². The minimum Gasteiger partial charge on any atom is -0.484 e. The topological polar surface area (TPSA) is 55.8 Å². The number of nitrogens with zero attached hydrogens (tertiary/aromatic N) is 1. The van der Waals surface area contributed by atoms with E-state index < -0.39 is 5.60 Å². The number of piperidine rings is 1. The molecule has 1 spiro atoms. The Hall–Kier alpha value is -1.66. The van der Waals surface area contributed by atoms with Crippen LogP contribution in [-0.2, 0) is 4.79 Å². The van der Waals surface area contributed by atoms with Gasteiger partial charge < -0.3 is 14.4 Å². The van der Waals surface area contributed by atoms with E-state index in [0.717, 1.165) is 0 Å². The van der Waals surface area contributed by atoms with Crippen molar-refractivity contribution in [2.75, 3.05) is 19.7 Å². The number of fused-ring (bicyclic) bond motifs is 1. The molecule has 4 rings (SSSR count). The Balaban J connectivity index is 1.38. The third kappa shape index (κ3) is 4.35. The molecule has 2 aliphatic rings. The van der Waals surface area contributed by atoms with Crippen molar-refractivity contribution in [2.45, 2.75) is 24.9 Å². The van der Waals surface area contributed by atoms with Crippen LogP contribution >= 0.6 is 46.4 Å². The van der Waals surface area contributed by atoms with Crippen molar-refractivity contribution < 1.29 is 19.1 Å². The lowest BCUT2D eigenvalue weighted by Crippen LogP contribution is -2.53. The summed E-state index contributed by atoms with van der Waals surface area (Å²) in [6.07, 6.45) is 1.27. The number of Topliss-reactive ketones (excluding diaryl/α,β-unsaturated/α-hetero) is 1. The van der Waals surface area contributed by atoms with E-state index in [4.69, 9.17) is 55.9 Å². The fourth-order valence-electron chi connectivity index (χ4n) is 3.78. The summed E-state index contributed by atoms with van der Waals surface area (Å²) in [5, 5.41) is 1.55. The maximum Gasteiger partial charge on any atom is 0.260 e. The van der Waals surface area contributed by atoms with E-state index in [-0.39, 0.29) is 24.7 Å². The second-order valence-corrected chi connectivity index (χ2v) is 9.08. The normalized spacial score (nSPS) is 17.5. The SMILES string of the molecule is O=C1CC2(CCN(C(=O)COc3ccc(Cl)cc3Cl)CC2)Oc2c(Cl)cc(Cl)cc21. The molecule has 0 aliphatic carbocycles. The Kier molecular flexibility index (Phi) is 6.08. The van der Waals surface area contributed by atoms with Crippen molar-refractivity contribution in [1.82, 2.24) is 4.90 Å². The summed E-state index contributed by atoms with van der Waals surface area (Å²) < 4.78 is 11.7. The first-order valence-corrected chi connectivity index (χ1v) is 10.8. The number of amides is 1. The van der Waals surface area contributed by atoms with E-state index in [1.54, 1.807) is 35.2 Å². The Morgan fingerprint density at radius 3 is 2.43 bits per heavy atom. The molecular formula is C21H17Cl4NO4. The number of hydrogen-bond donors (Lipinski definition) is 0. The van der Waals surface area contributed by atoms with E-state index in [9.17, 15) is 9.59 Å². The van der Waals surface area contributed by atoms with Gasteiger partial charge in [-0.05, 0) is 30.3 Å². The van der Waals surface area contributed by atoms with Gasteiger partial charge in [0.15, 0.2) is 12.4 Å². The summed E-state index contributed by atoms with van der Waals surface area (Å²) in [6.45, 7) is 0.760. The first-order valence-electron chi connectivity index (χ1n) is 9.33. The Morgan fingerprint density at radius 2 is 1.73 bits per heavy atom. The molecule has 2 aliphatic heterocycles. The maximum absolute atomic E-state index is 12.7. The highest BCUT2D eigenvalue weighted by molar-refractivity contribution is 6.36. The molecule has 2 heterocycles. The van der Waals surface area contributed by atoms with Crippen LogP contribution in [0, 0.1) is 0 Å². The summed E-state index contributed by atoms with van der Waals surface area (Å²) in [5.74, 6) is 0.552. The lowest BCUT2D eigenvalue weighted by molar-refractivity contribution is -0.136. The number of carbonyl (C=O) groups excluding carboxylic acids is 2. The van der Waals surface area contributed by atoms with Crippen LogP contribution in [0.15, 0.2) is 30.3 Å². The first-order chi connectivity index (χ1) is 14.3. The van der Waals surface area contributed by atoms with Crippen LogP contribution in [0.25, 0.3) is 0 Å². The smallest absolute Gasteiger partial charge is 0.260 e. The minimum absolute atomic E-state index is 0.0545. The number of rotatable bonds is 3. The first kappa shape index (κ1) is 21.6. The van der Waals surface area contributed by atoms with Crippen molar-refractivity contribution in [1.29, 1.82) is 0 Å². The molecule has 30 heavy (non-hydrogen) atoms. The predicted octanol–water partition coefficient (Wildman–Crippen LogP) is 5.71. The van der Waals surface area contributed by atoms with Gasteiger partial charge in [-0.3, -0.25) is 9.59 Å². The van der Waals surface area contributed by atoms with Crippen LogP contribution in [0.5, 0.6) is 11.5 Å². The molecule has 1 amide bonds. The van der Waals surface area contributed by atoms with Crippen molar-refractivity contribution in [2.24, 2.45) is 0 Å². The zero-order chi connectivity index (χ0) is 21.5. The molecule has 9 heteroatoms. The molecule has 0 radical (unpaired) electrons. The van der Waals surface area contributed by atoms with E-state index in [1.165, 1.54) is 0 Å². The number of likely N-dealkylation sites (tertiary alicyclic amines) is 1. The molecular weight excluding hydrogens is 472 g/mol.